The Morgan fingerprint density at radius 1 is 1.28 bits per heavy atom. The molecule has 1 N–H and O–H groups in total. The van der Waals surface area contributed by atoms with Gasteiger partial charge in [0.05, 0.1) is 0 Å². The van der Waals surface area contributed by atoms with Gasteiger partial charge in [0.15, 0.2) is 0 Å². The molecule has 2 amide bonds. The van der Waals surface area contributed by atoms with Gasteiger partial charge in [-0.25, -0.2) is 0 Å². The van der Waals surface area contributed by atoms with Crippen molar-refractivity contribution in [2.75, 3.05) is 6.54 Å². The number of benzene rings is 1. The average molecular weight is 246 g/mol. The van der Waals surface area contributed by atoms with Crippen LogP contribution in [0.5, 0.6) is 0 Å². The first-order chi connectivity index (χ1) is 8.58. The highest BCUT2D eigenvalue weighted by Gasteiger charge is 2.24. The van der Waals surface area contributed by atoms with Gasteiger partial charge in [0.2, 0.25) is 11.8 Å². The SMILES string of the molecule is CC(=O)N[C@@H](C)C(=O)N1CCc2ccccc2C1. The molecule has 0 aliphatic carbocycles. The molecule has 1 heterocycles. The van der Waals surface area contributed by atoms with Crippen LogP contribution in [0.3, 0.4) is 0 Å². The number of hydrogen-bond acceptors (Lipinski definition) is 2. The van der Waals surface area contributed by atoms with Crippen LogP contribution in [-0.4, -0.2) is 29.3 Å². The number of nitrogens with zero attached hydrogens (tertiary/aromatic N) is 1. The number of carbonyl (C=O) groups is 2. The number of fused-ring (bicyclic) bond motifs is 1. The van der Waals surface area contributed by atoms with Crippen LogP contribution in [0, 0.1) is 0 Å². The minimum Gasteiger partial charge on any atom is -0.345 e. The standard InChI is InChI=1S/C14H18N2O2/c1-10(15-11(2)17)14(18)16-8-7-12-5-3-4-6-13(12)9-16/h3-6,10H,7-9H2,1-2H3,(H,15,17)/t10-/m0/s1. The summed E-state index contributed by atoms with van der Waals surface area (Å²) in [7, 11) is 0. The Bertz CT molecular complexity index is 471. The second-order valence-corrected chi connectivity index (χ2v) is 4.70. The van der Waals surface area contributed by atoms with E-state index in [1.807, 2.05) is 17.0 Å². The van der Waals surface area contributed by atoms with E-state index in [0.717, 1.165) is 13.0 Å². The Morgan fingerprint density at radius 2 is 1.94 bits per heavy atom. The molecule has 0 bridgehead atoms. The van der Waals surface area contributed by atoms with Crippen molar-refractivity contribution in [3.63, 3.8) is 0 Å². The Kier molecular flexibility index (Phi) is 3.65. The molecule has 0 fully saturated rings. The Balaban J connectivity index is 2.04. The van der Waals surface area contributed by atoms with E-state index in [1.54, 1.807) is 6.92 Å². The number of hydrogen-bond donors (Lipinski definition) is 1. The third-order valence-corrected chi connectivity index (χ3v) is 3.23. The quantitative estimate of drug-likeness (QED) is 0.849. The predicted octanol–water partition coefficient (Wildman–Crippen LogP) is 1.10. The fourth-order valence-electron chi connectivity index (χ4n) is 2.32. The van der Waals surface area contributed by atoms with Crippen molar-refractivity contribution in [1.29, 1.82) is 0 Å². The molecule has 1 aliphatic rings. The van der Waals surface area contributed by atoms with E-state index < -0.39 is 6.04 Å². The van der Waals surface area contributed by atoms with E-state index in [2.05, 4.69) is 17.4 Å². The van der Waals surface area contributed by atoms with Gasteiger partial charge in [0, 0.05) is 20.0 Å². The first-order valence-electron chi connectivity index (χ1n) is 6.20. The highest BCUT2D eigenvalue weighted by molar-refractivity contribution is 5.86. The van der Waals surface area contributed by atoms with Gasteiger partial charge in [-0.3, -0.25) is 9.59 Å². The van der Waals surface area contributed by atoms with Gasteiger partial charge in [-0.15, -0.1) is 0 Å². The number of rotatable bonds is 2. The molecular formula is C14H18N2O2. The monoisotopic (exact) mass is 246 g/mol. The van der Waals surface area contributed by atoms with Crippen LogP contribution in [-0.2, 0) is 22.6 Å². The third-order valence-electron chi connectivity index (χ3n) is 3.23. The first kappa shape index (κ1) is 12.6. The molecule has 4 nitrogen and oxygen atoms in total. The molecule has 1 aliphatic heterocycles. The zero-order valence-corrected chi connectivity index (χ0v) is 10.8. The summed E-state index contributed by atoms with van der Waals surface area (Å²) in [5.74, 6) is -0.187. The fourth-order valence-corrected chi connectivity index (χ4v) is 2.32. The van der Waals surface area contributed by atoms with Crippen LogP contribution < -0.4 is 5.32 Å². The summed E-state index contributed by atoms with van der Waals surface area (Å²) in [6.07, 6.45) is 0.884. The summed E-state index contributed by atoms with van der Waals surface area (Å²) in [5.41, 5.74) is 2.51. The second kappa shape index (κ2) is 5.21. The van der Waals surface area contributed by atoms with Gasteiger partial charge in [-0.1, -0.05) is 24.3 Å². The van der Waals surface area contributed by atoms with E-state index in [4.69, 9.17) is 0 Å². The van der Waals surface area contributed by atoms with Crippen molar-refractivity contribution in [2.24, 2.45) is 0 Å². The number of carbonyl (C=O) groups excluding carboxylic acids is 2. The highest BCUT2D eigenvalue weighted by Crippen LogP contribution is 2.18. The Morgan fingerprint density at radius 3 is 2.61 bits per heavy atom. The largest absolute Gasteiger partial charge is 0.345 e. The molecule has 4 heteroatoms. The lowest BCUT2D eigenvalue weighted by Crippen LogP contribution is -2.47. The topological polar surface area (TPSA) is 49.4 Å². The Hall–Kier alpha value is -1.84. The Labute approximate surface area is 107 Å². The van der Waals surface area contributed by atoms with Crippen LogP contribution in [0.2, 0.25) is 0 Å². The van der Waals surface area contributed by atoms with E-state index >= 15 is 0 Å². The first-order valence-corrected chi connectivity index (χ1v) is 6.20. The number of amides is 2. The lowest BCUT2D eigenvalue weighted by Gasteiger charge is -2.31. The van der Waals surface area contributed by atoms with Gasteiger partial charge in [-0.05, 0) is 24.5 Å². The highest BCUT2D eigenvalue weighted by atomic mass is 16.2. The van der Waals surface area contributed by atoms with Crippen molar-refractivity contribution in [3.05, 3.63) is 35.4 Å². The zero-order valence-electron chi connectivity index (χ0n) is 10.8. The predicted molar refractivity (Wildman–Crippen MR) is 68.8 cm³/mol. The van der Waals surface area contributed by atoms with Gasteiger partial charge < -0.3 is 10.2 Å². The van der Waals surface area contributed by atoms with Gasteiger partial charge in [-0.2, -0.15) is 0 Å². The van der Waals surface area contributed by atoms with Crippen LogP contribution in [0.1, 0.15) is 25.0 Å². The summed E-state index contributed by atoms with van der Waals surface area (Å²) in [5, 5.41) is 2.63. The summed E-state index contributed by atoms with van der Waals surface area (Å²) in [6.45, 7) is 4.51. The van der Waals surface area contributed by atoms with E-state index in [0.29, 0.717) is 6.54 Å². The maximum absolute atomic E-state index is 12.2. The maximum Gasteiger partial charge on any atom is 0.245 e. The van der Waals surface area contributed by atoms with E-state index in [-0.39, 0.29) is 11.8 Å². The minimum atomic E-state index is -0.451. The lowest BCUT2D eigenvalue weighted by molar-refractivity contribution is -0.136. The molecule has 1 aromatic rings. The van der Waals surface area contributed by atoms with Crippen molar-refractivity contribution >= 4 is 11.8 Å². The molecule has 96 valence electrons. The molecular weight excluding hydrogens is 228 g/mol. The fraction of sp³-hybridized carbons (Fsp3) is 0.429. The van der Waals surface area contributed by atoms with E-state index in [1.165, 1.54) is 18.1 Å². The van der Waals surface area contributed by atoms with Crippen LogP contribution in [0.4, 0.5) is 0 Å². The van der Waals surface area contributed by atoms with Crippen molar-refractivity contribution in [3.8, 4) is 0 Å². The summed E-state index contributed by atoms with van der Waals surface area (Å²) < 4.78 is 0. The molecule has 0 unspecified atom stereocenters. The zero-order chi connectivity index (χ0) is 13.1. The van der Waals surface area contributed by atoms with Gasteiger partial charge >= 0.3 is 0 Å². The third kappa shape index (κ3) is 2.70. The summed E-state index contributed by atoms with van der Waals surface area (Å²) in [4.78, 5) is 24.9. The van der Waals surface area contributed by atoms with E-state index in [9.17, 15) is 9.59 Å². The number of nitrogens with one attached hydrogen (secondary N) is 1. The van der Waals surface area contributed by atoms with Crippen LogP contribution >= 0.6 is 0 Å². The molecule has 0 saturated carbocycles. The molecule has 0 spiro atoms. The van der Waals surface area contributed by atoms with Crippen molar-refractivity contribution in [1.82, 2.24) is 10.2 Å². The molecule has 0 aromatic heterocycles. The smallest absolute Gasteiger partial charge is 0.245 e. The second-order valence-electron chi connectivity index (χ2n) is 4.70. The average Bonchev–Trinajstić information content (AvgIpc) is 2.36. The molecule has 1 aromatic carbocycles. The van der Waals surface area contributed by atoms with Crippen molar-refractivity contribution in [2.45, 2.75) is 32.9 Å². The lowest BCUT2D eigenvalue weighted by atomic mass is 9.99. The molecule has 18 heavy (non-hydrogen) atoms. The van der Waals surface area contributed by atoms with Crippen molar-refractivity contribution < 1.29 is 9.59 Å². The summed E-state index contributed by atoms with van der Waals surface area (Å²) in [6, 6.07) is 7.72. The minimum absolute atomic E-state index is 0.0142. The maximum atomic E-state index is 12.2. The van der Waals surface area contributed by atoms with Crippen LogP contribution in [0.15, 0.2) is 24.3 Å². The summed E-state index contributed by atoms with van der Waals surface area (Å²) >= 11 is 0. The molecule has 2 rings (SSSR count). The molecule has 0 saturated heterocycles. The van der Waals surface area contributed by atoms with Crippen LogP contribution in [0.25, 0.3) is 0 Å². The van der Waals surface area contributed by atoms with Gasteiger partial charge in [0.25, 0.3) is 0 Å². The molecule has 1 atom stereocenters. The molecule has 0 radical (unpaired) electrons. The normalized spacial score (nSPS) is 15.8. The van der Waals surface area contributed by atoms with Gasteiger partial charge in [0.1, 0.15) is 6.04 Å².